The average molecular weight is 415 g/mol. The van der Waals surface area contributed by atoms with Crippen molar-refractivity contribution < 1.29 is 16.8 Å². The summed E-state index contributed by atoms with van der Waals surface area (Å²) in [7, 11) is -7.07. The van der Waals surface area contributed by atoms with E-state index < -0.39 is 20.0 Å². The van der Waals surface area contributed by atoms with Crippen LogP contribution in [0.4, 0.5) is 11.4 Å². The Morgan fingerprint density at radius 1 is 1.12 bits per heavy atom. The average Bonchev–Trinajstić information content (AvgIpc) is 2.52. The first-order valence-electron chi connectivity index (χ1n) is 8.00. The van der Waals surface area contributed by atoms with E-state index in [1.807, 2.05) is 0 Å². The molecule has 2 aromatic rings. The van der Waals surface area contributed by atoms with E-state index in [0.717, 1.165) is 24.7 Å². The third-order valence-corrected chi connectivity index (χ3v) is 6.76. The maximum absolute atomic E-state index is 12.4. The number of rotatable bonds is 5. The molecule has 3 rings (SSSR count). The Bertz CT molecular complexity index is 1040. The summed E-state index contributed by atoms with van der Waals surface area (Å²) < 4.78 is 52.7. The van der Waals surface area contributed by atoms with E-state index in [1.54, 1.807) is 42.5 Å². The number of aryl methyl sites for hydroxylation is 1. The zero-order chi connectivity index (χ0) is 18.9. The van der Waals surface area contributed by atoms with E-state index >= 15 is 0 Å². The summed E-state index contributed by atoms with van der Waals surface area (Å²) in [5.41, 5.74) is 2.32. The highest BCUT2D eigenvalue weighted by Gasteiger charge is 2.24. The van der Waals surface area contributed by atoms with Crippen LogP contribution in [0.25, 0.3) is 0 Å². The van der Waals surface area contributed by atoms with Crippen molar-refractivity contribution in [2.45, 2.75) is 18.6 Å². The van der Waals surface area contributed by atoms with Crippen LogP contribution in [0.15, 0.2) is 42.5 Å². The summed E-state index contributed by atoms with van der Waals surface area (Å²) in [5.74, 6) is -0.222. The van der Waals surface area contributed by atoms with Crippen LogP contribution in [0.3, 0.4) is 0 Å². The number of nitrogens with one attached hydrogen (secondary N) is 1. The lowest BCUT2D eigenvalue weighted by atomic mass is 10.0. The minimum absolute atomic E-state index is 0.222. The normalized spacial score (nSPS) is 14.8. The summed E-state index contributed by atoms with van der Waals surface area (Å²) in [6.07, 6.45) is 2.65. The lowest BCUT2D eigenvalue weighted by molar-refractivity contribution is 0.592. The van der Waals surface area contributed by atoms with Crippen LogP contribution in [-0.4, -0.2) is 29.6 Å². The quantitative estimate of drug-likeness (QED) is 0.815. The fraction of sp³-hybridized carbons (Fsp3) is 0.294. The van der Waals surface area contributed by atoms with Crippen molar-refractivity contribution >= 4 is 43.0 Å². The Labute approximate surface area is 158 Å². The second-order valence-electron chi connectivity index (χ2n) is 6.27. The van der Waals surface area contributed by atoms with E-state index in [1.165, 1.54) is 4.31 Å². The fourth-order valence-corrected chi connectivity index (χ4v) is 5.39. The number of anilines is 2. The van der Waals surface area contributed by atoms with Gasteiger partial charge < -0.3 is 0 Å². The first kappa shape index (κ1) is 19.0. The molecule has 0 saturated heterocycles. The minimum atomic E-state index is -3.66. The summed E-state index contributed by atoms with van der Waals surface area (Å²) in [4.78, 5) is 0. The zero-order valence-electron chi connectivity index (χ0n) is 14.1. The van der Waals surface area contributed by atoms with Crippen molar-refractivity contribution in [3.05, 3.63) is 58.6 Å². The van der Waals surface area contributed by atoms with Crippen molar-refractivity contribution in [3.63, 3.8) is 0 Å². The lowest BCUT2D eigenvalue weighted by Gasteiger charge is -2.29. The van der Waals surface area contributed by atoms with Gasteiger partial charge in [0.05, 0.1) is 23.4 Å². The number of hydrogen-bond acceptors (Lipinski definition) is 4. The molecule has 1 aliphatic heterocycles. The Morgan fingerprint density at radius 3 is 2.58 bits per heavy atom. The van der Waals surface area contributed by atoms with Crippen molar-refractivity contribution in [2.75, 3.05) is 21.8 Å². The Balaban J connectivity index is 1.86. The van der Waals surface area contributed by atoms with Gasteiger partial charge in [0, 0.05) is 11.6 Å². The van der Waals surface area contributed by atoms with E-state index in [4.69, 9.17) is 11.6 Å². The number of benzene rings is 2. The standard InChI is InChI=1S/C17H19ClN2O4S2/c1-25(21,22)20-9-3-5-14-7-8-16(11-17(14)20)19-26(23,24)12-13-4-2-6-15(18)10-13/h2,4,6-8,10-11,19H,3,5,9,12H2,1H3. The number of nitrogens with zero attached hydrogens (tertiary/aromatic N) is 1. The molecule has 0 spiro atoms. The molecule has 0 radical (unpaired) electrons. The van der Waals surface area contributed by atoms with Gasteiger partial charge in [-0.1, -0.05) is 29.8 Å². The van der Waals surface area contributed by atoms with Gasteiger partial charge in [0.2, 0.25) is 20.0 Å². The van der Waals surface area contributed by atoms with Gasteiger partial charge in [-0.25, -0.2) is 16.8 Å². The van der Waals surface area contributed by atoms with Crippen LogP contribution < -0.4 is 9.03 Å². The predicted octanol–water partition coefficient (Wildman–Crippen LogP) is 2.99. The van der Waals surface area contributed by atoms with Crippen LogP contribution in [0, 0.1) is 0 Å². The molecule has 0 saturated carbocycles. The summed E-state index contributed by atoms with van der Waals surface area (Å²) in [6.45, 7) is 0.393. The Morgan fingerprint density at radius 2 is 1.88 bits per heavy atom. The highest BCUT2D eigenvalue weighted by atomic mass is 35.5. The Hall–Kier alpha value is -1.77. The minimum Gasteiger partial charge on any atom is -0.283 e. The molecule has 9 heteroatoms. The van der Waals surface area contributed by atoms with E-state index in [9.17, 15) is 16.8 Å². The fourth-order valence-electron chi connectivity index (χ4n) is 3.01. The summed E-state index contributed by atoms with van der Waals surface area (Å²) >= 11 is 5.89. The van der Waals surface area contributed by atoms with Crippen LogP contribution >= 0.6 is 11.6 Å². The van der Waals surface area contributed by atoms with E-state index in [-0.39, 0.29) is 5.75 Å². The van der Waals surface area contributed by atoms with Gasteiger partial charge >= 0.3 is 0 Å². The SMILES string of the molecule is CS(=O)(=O)N1CCCc2ccc(NS(=O)(=O)Cc3cccc(Cl)c3)cc21. The molecule has 26 heavy (non-hydrogen) atoms. The molecule has 0 bridgehead atoms. The molecule has 0 aliphatic carbocycles. The monoisotopic (exact) mass is 414 g/mol. The summed E-state index contributed by atoms with van der Waals surface area (Å²) in [6, 6.07) is 11.6. The van der Waals surface area contributed by atoms with Gasteiger partial charge in [-0.2, -0.15) is 0 Å². The molecule has 1 N–H and O–H groups in total. The molecule has 6 nitrogen and oxygen atoms in total. The third-order valence-electron chi connectivity index (χ3n) is 4.08. The summed E-state index contributed by atoms with van der Waals surface area (Å²) in [5, 5.41) is 0.468. The van der Waals surface area contributed by atoms with Crippen molar-refractivity contribution in [2.24, 2.45) is 0 Å². The largest absolute Gasteiger partial charge is 0.283 e. The van der Waals surface area contributed by atoms with Gasteiger partial charge in [0.15, 0.2) is 0 Å². The number of hydrogen-bond donors (Lipinski definition) is 1. The molecule has 0 aromatic heterocycles. The smallest absolute Gasteiger partial charge is 0.236 e. The Kier molecular flexibility index (Phi) is 5.18. The maximum atomic E-state index is 12.4. The molecule has 0 amide bonds. The van der Waals surface area contributed by atoms with Gasteiger partial charge in [-0.05, 0) is 48.2 Å². The maximum Gasteiger partial charge on any atom is 0.236 e. The molecule has 0 atom stereocenters. The van der Waals surface area contributed by atoms with Gasteiger partial charge in [-0.3, -0.25) is 9.03 Å². The molecule has 1 aliphatic rings. The first-order chi connectivity index (χ1) is 12.1. The highest BCUT2D eigenvalue weighted by Crippen LogP contribution is 2.32. The van der Waals surface area contributed by atoms with Crippen LogP contribution in [0.2, 0.25) is 5.02 Å². The number of fused-ring (bicyclic) bond motifs is 1. The van der Waals surface area contributed by atoms with Gasteiger partial charge in [-0.15, -0.1) is 0 Å². The van der Waals surface area contributed by atoms with Gasteiger partial charge in [0.25, 0.3) is 0 Å². The first-order valence-corrected chi connectivity index (χ1v) is 11.9. The zero-order valence-corrected chi connectivity index (χ0v) is 16.5. The van der Waals surface area contributed by atoms with E-state index in [0.29, 0.717) is 28.5 Å². The second-order valence-corrected chi connectivity index (χ2v) is 10.3. The molecule has 140 valence electrons. The van der Waals surface area contributed by atoms with Gasteiger partial charge in [0.1, 0.15) is 0 Å². The predicted molar refractivity (Wildman–Crippen MR) is 105 cm³/mol. The molecule has 2 aromatic carbocycles. The molecular formula is C17H19ClN2O4S2. The van der Waals surface area contributed by atoms with E-state index in [2.05, 4.69) is 4.72 Å². The van der Waals surface area contributed by atoms with Crippen LogP contribution in [0.1, 0.15) is 17.5 Å². The highest BCUT2D eigenvalue weighted by molar-refractivity contribution is 7.92. The molecular weight excluding hydrogens is 396 g/mol. The molecule has 1 heterocycles. The number of sulfonamides is 2. The van der Waals surface area contributed by atoms with Crippen molar-refractivity contribution in [3.8, 4) is 0 Å². The molecule has 0 unspecified atom stereocenters. The number of halogens is 1. The topological polar surface area (TPSA) is 83.6 Å². The van der Waals surface area contributed by atoms with Crippen molar-refractivity contribution in [1.29, 1.82) is 0 Å². The van der Waals surface area contributed by atoms with Crippen LogP contribution in [0.5, 0.6) is 0 Å². The van der Waals surface area contributed by atoms with Crippen molar-refractivity contribution in [1.82, 2.24) is 0 Å². The van der Waals surface area contributed by atoms with Crippen LogP contribution in [-0.2, 0) is 32.2 Å². The lowest BCUT2D eigenvalue weighted by Crippen LogP contribution is -2.34. The third kappa shape index (κ3) is 4.49. The molecule has 0 fully saturated rings. The second kappa shape index (κ2) is 7.09.